The number of nitrogens with one attached hydrogen (secondary N) is 7. The molecule has 0 bridgehead atoms. The number of hydrogen-bond acceptors (Lipinski definition) is 16. The molecule has 0 saturated heterocycles. The molecule has 0 unspecified atom stereocenters. The highest BCUT2D eigenvalue weighted by Crippen LogP contribution is 2.48. The van der Waals surface area contributed by atoms with Crippen LogP contribution in [0.1, 0.15) is 96.0 Å². The second-order valence-electron chi connectivity index (χ2n) is 22.7. The minimum Gasteiger partial charge on any atom is -0.458 e. The van der Waals surface area contributed by atoms with Crippen LogP contribution >= 0.6 is 0 Å². The second kappa shape index (κ2) is 29.0. The van der Waals surface area contributed by atoms with Gasteiger partial charge in [-0.3, -0.25) is 62.4 Å². The zero-order valence-electron chi connectivity index (χ0n) is 50.4. The van der Waals surface area contributed by atoms with E-state index in [0.29, 0.717) is 58.0 Å². The van der Waals surface area contributed by atoms with Crippen molar-refractivity contribution in [2.75, 3.05) is 45.8 Å². The average molecular weight is 1270 g/mol. The minimum atomic E-state index is -2.15. The predicted octanol–water partition coefficient (Wildman–Crippen LogP) is -0.650. The van der Waals surface area contributed by atoms with Crippen LogP contribution in [0.4, 0.5) is 4.39 Å². The van der Waals surface area contributed by atoms with Gasteiger partial charge in [-0.15, -0.1) is 0 Å². The third-order valence-corrected chi connectivity index (χ3v) is 16.6. The van der Waals surface area contributed by atoms with E-state index in [1.54, 1.807) is 74.5 Å². The summed E-state index contributed by atoms with van der Waals surface area (Å²) in [5, 5.41) is 29.2. The van der Waals surface area contributed by atoms with Crippen molar-refractivity contribution in [2.24, 2.45) is 5.73 Å². The minimum absolute atomic E-state index is 0.0289. The van der Waals surface area contributed by atoms with Crippen molar-refractivity contribution < 1.29 is 71.8 Å². The number of carbonyl (C=O) groups is 12. The first kappa shape index (κ1) is 65.9. The molecule has 10 N–H and O–H groups in total. The summed E-state index contributed by atoms with van der Waals surface area (Å²) in [5.41, 5.74) is 6.96. The van der Waals surface area contributed by atoms with E-state index in [0.717, 1.165) is 4.90 Å². The lowest BCUT2D eigenvalue weighted by atomic mass is 9.80. The molecule has 5 heterocycles. The van der Waals surface area contributed by atoms with Gasteiger partial charge in [0.1, 0.15) is 24.5 Å². The summed E-state index contributed by atoms with van der Waals surface area (Å²) >= 11 is 0. The van der Waals surface area contributed by atoms with Crippen molar-refractivity contribution >= 4 is 81.9 Å². The highest BCUT2D eigenvalue weighted by Gasteiger charge is 2.47. The highest BCUT2D eigenvalue weighted by molar-refractivity contribution is 6.13. The average Bonchev–Trinajstić information content (AvgIpc) is 1.45. The molecule has 3 aliphatic heterocycles. The lowest BCUT2D eigenvalue weighted by Crippen LogP contribution is -2.54. The van der Waals surface area contributed by atoms with Crippen molar-refractivity contribution in [3.05, 3.63) is 146 Å². The zero-order valence-corrected chi connectivity index (χ0v) is 50.4. The lowest BCUT2D eigenvalue weighted by Gasteiger charge is -2.38. The SMILES string of the molecule is CC[C@@]1(O)C(=O)OCc2c1cc1n(c2=O)Cc2c-1nc1cc(F)c(C)c3c1c2[C@@H](N(CC(N)=O)C(=O)[C@H](Cc1ccccc1)NC(=O)CNC(=O)CNC(=O)CNC(=O)[C@H](Cc1ccccc1)NC(=O)CNC(=O)CNC(=O)CCCCCN1C(=O)C=CC1=O)CC3. The van der Waals surface area contributed by atoms with Crippen molar-refractivity contribution in [1.29, 1.82) is 0 Å². The number of benzene rings is 3. The molecule has 9 rings (SSSR count). The number of aliphatic hydroxyl groups is 1. The van der Waals surface area contributed by atoms with Gasteiger partial charge in [-0.05, 0) is 72.9 Å². The number of cyclic esters (lactones) is 1. The van der Waals surface area contributed by atoms with Gasteiger partial charge in [0.2, 0.25) is 53.2 Å². The zero-order chi connectivity index (χ0) is 66.0. The fraction of sp³-hybridized carbons (Fsp3) is 0.375. The number of amides is 11. The van der Waals surface area contributed by atoms with Crippen LogP contribution in [-0.4, -0.2) is 153 Å². The van der Waals surface area contributed by atoms with Gasteiger partial charge < -0.3 is 62.3 Å². The number of esters is 1. The van der Waals surface area contributed by atoms with Crippen molar-refractivity contribution in [2.45, 2.75) is 109 Å². The van der Waals surface area contributed by atoms with Crippen LogP contribution in [0.25, 0.3) is 22.3 Å². The number of unbranched alkanes of at least 4 members (excludes halogenated alkanes) is 2. The number of rotatable bonds is 28. The predicted molar refractivity (Wildman–Crippen MR) is 325 cm³/mol. The molecule has 11 amide bonds. The van der Waals surface area contributed by atoms with E-state index in [9.17, 15) is 62.6 Å². The number of imide groups is 1. The number of pyridine rings is 2. The van der Waals surface area contributed by atoms with Crippen LogP contribution in [-0.2, 0) is 100 Å². The quantitative estimate of drug-likeness (QED) is 0.0167. The molecule has 482 valence electrons. The van der Waals surface area contributed by atoms with Gasteiger partial charge in [0.05, 0.1) is 74.3 Å². The maximum Gasteiger partial charge on any atom is 0.343 e. The first-order valence-corrected chi connectivity index (χ1v) is 30.0. The summed E-state index contributed by atoms with van der Waals surface area (Å²) in [4.78, 5) is 178. The third kappa shape index (κ3) is 15.0. The topological polar surface area (TPSA) is 386 Å². The number of carbonyl (C=O) groups excluding carboxylic acids is 12. The Morgan fingerprint density at radius 3 is 1.89 bits per heavy atom. The van der Waals surface area contributed by atoms with Gasteiger partial charge in [-0.1, -0.05) is 74.0 Å². The maximum absolute atomic E-state index is 15.8. The highest BCUT2D eigenvalue weighted by atomic mass is 19.1. The number of nitrogens with two attached hydrogens (primary N) is 1. The van der Waals surface area contributed by atoms with E-state index in [4.69, 9.17) is 15.5 Å². The first-order chi connectivity index (χ1) is 44.0. The first-order valence-electron chi connectivity index (χ1n) is 30.0. The van der Waals surface area contributed by atoms with Crippen LogP contribution in [0.5, 0.6) is 0 Å². The van der Waals surface area contributed by atoms with Crippen LogP contribution in [0.2, 0.25) is 0 Å². The molecule has 0 radical (unpaired) electrons. The van der Waals surface area contributed by atoms with Crippen molar-refractivity contribution in [3.63, 3.8) is 0 Å². The molecule has 0 fully saturated rings. The number of fused-ring (bicyclic) bond motifs is 5. The standard InChI is InChI=1S/C64H69FN12O15/c1-3-64(91)41-25-47-59-39(32-76(47)61(88)40(41)34-92-63(64)90)58-46(19-18-38-35(2)42(65)26-43(74-59)57(38)58)77(33-48(66)78)62(89)45(24-37-15-9-5-10-16-37)73-54(84)31-70-51(81)28-68-52(82)29-71-60(87)44(23-36-13-7-4-8-14-36)72-53(83)30-69-50(80)27-67-49(79)17-11-6-12-22-75-55(85)20-21-56(75)86/h4-5,7-10,13-16,20-21,25-26,44-46,91H,3,6,11-12,17-19,22-24,27-34H2,1-2H3,(H2,66,78)(H,67,79)(H,68,82)(H,69,80)(H,70,81)(H,71,87)(H,72,83)(H,73,84)/t44-,45-,46-,64-/m0/s1. The van der Waals surface area contributed by atoms with Crippen molar-refractivity contribution in [1.82, 2.24) is 56.6 Å². The van der Waals surface area contributed by atoms with Gasteiger partial charge in [0, 0.05) is 60.5 Å². The summed E-state index contributed by atoms with van der Waals surface area (Å²) in [5.74, 6) is -9.15. The molecule has 27 nitrogen and oxygen atoms in total. The molecular formula is C64H69FN12O15. The fourth-order valence-corrected chi connectivity index (χ4v) is 11.8. The molecule has 28 heteroatoms. The number of hydrogen-bond donors (Lipinski definition) is 9. The summed E-state index contributed by atoms with van der Waals surface area (Å²) in [6, 6.07) is 16.3. The molecule has 3 aromatic carbocycles. The molecule has 92 heavy (non-hydrogen) atoms. The monoisotopic (exact) mass is 1260 g/mol. The molecule has 4 atom stereocenters. The van der Waals surface area contributed by atoms with Gasteiger partial charge in [0.15, 0.2) is 5.60 Å². The van der Waals surface area contributed by atoms with Gasteiger partial charge >= 0.3 is 5.97 Å². The van der Waals surface area contributed by atoms with E-state index in [2.05, 4.69) is 37.2 Å². The number of aryl methyl sites for hydroxylation is 1. The Bertz CT molecular complexity index is 3900. The van der Waals surface area contributed by atoms with Gasteiger partial charge in [0.25, 0.3) is 17.4 Å². The van der Waals surface area contributed by atoms with Crippen LogP contribution < -0.4 is 48.5 Å². The van der Waals surface area contributed by atoms with Crippen molar-refractivity contribution in [3.8, 4) is 11.4 Å². The molecule has 5 aromatic rings. The Morgan fingerprint density at radius 1 is 0.728 bits per heavy atom. The lowest BCUT2D eigenvalue weighted by molar-refractivity contribution is -0.172. The largest absolute Gasteiger partial charge is 0.458 e. The number of nitrogens with zero attached hydrogens (tertiary/aromatic N) is 4. The van der Waals surface area contributed by atoms with E-state index >= 15 is 9.18 Å². The number of aromatic nitrogens is 2. The second-order valence-corrected chi connectivity index (χ2v) is 22.7. The van der Waals surface area contributed by atoms with E-state index in [1.165, 1.54) is 33.8 Å². The van der Waals surface area contributed by atoms with E-state index in [-0.39, 0.29) is 91.5 Å². The fourth-order valence-electron chi connectivity index (χ4n) is 11.8. The normalized spacial score (nSPS) is 16.5. The Labute approximate surface area is 525 Å². The summed E-state index contributed by atoms with van der Waals surface area (Å²) in [7, 11) is 0. The Morgan fingerprint density at radius 2 is 1.29 bits per heavy atom. The summed E-state index contributed by atoms with van der Waals surface area (Å²) < 4.78 is 22.5. The molecule has 2 aromatic heterocycles. The Hall–Kier alpha value is -10.5. The smallest absolute Gasteiger partial charge is 0.343 e. The van der Waals surface area contributed by atoms with E-state index < -0.39 is 140 Å². The van der Waals surface area contributed by atoms with E-state index in [1.807, 2.05) is 0 Å². The van der Waals surface area contributed by atoms with Crippen LogP contribution in [0.3, 0.4) is 0 Å². The maximum atomic E-state index is 15.8. The third-order valence-electron chi connectivity index (χ3n) is 16.6. The molecule has 0 saturated carbocycles. The van der Waals surface area contributed by atoms with Gasteiger partial charge in [-0.2, -0.15) is 0 Å². The molecular weight excluding hydrogens is 1200 g/mol. The van der Waals surface area contributed by atoms with Crippen LogP contribution in [0, 0.1) is 12.7 Å². The van der Waals surface area contributed by atoms with Crippen LogP contribution in [0.15, 0.2) is 89.7 Å². The Balaban J connectivity index is 0.806. The summed E-state index contributed by atoms with van der Waals surface area (Å²) in [6.07, 6.45) is 4.00. The number of primary amides is 1. The Kier molecular flexibility index (Phi) is 20.8. The molecule has 4 aliphatic rings. The number of halogens is 1. The molecule has 1 aliphatic carbocycles. The summed E-state index contributed by atoms with van der Waals surface area (Å²) in [6.45, 7) is -0.810. The van der Waals surface area contributed by atoms with Gasteiger partial charge in [-0.25, -0.2) is 14.2 Å². The molecule has 0 spiro atoms. The number of ether oxygens (including phenoxy) is 1.